The average molecular weight is 346 g/mol. The Labute approximate surface area is 142 Å². The van der Waals surface area contributed by atoms with E-state index >= 15 is 0 Å². The highest BCUT2D eigenvalue weighted by Crippen LogP contribution is 2.22. The summed E-state index contributed by atoms with van der Waals surface area (Å²) in [5, 5.41) is 0.680. The normalized spacial score (nSPS) is 12.3. The van der Waals surface area contributed by atoms with Crippen molar-refractivity contribution in [2.24, 2.45) is 0 Å². The zero-order valence-electron chi connectivity index (χ0n) is 12.7. The monoisotopic (exact) mass is 345 g/mol. The molecule has 3 aromatic rings. The minimum absolute atomic E-state index is 0.380. The van der Waals surface area contributed by atoms with Gasteiger partial charge in [-0.05, 0) is 36.8 Å². The summed E-state index contributed by atoms with van der Waals surface area (Å²) in [5.74, 6) is 2.14. The summed E-state index contributed by atoms with van der Waals surface area (Å²) < 4.78 is 18.1. The van der Waals surface area contributed by atoms with Gasteiger partial charge in [-0.3, -0.25) is 4.21 Å². The first kappa shape index (κ1) is 16.0. The molecular weight excluding hydrogens is 330 g/mol. The lowest BCUT2D eigenvalue weighted by atomic mass is 10.2. The Kier molecular flexibility index (Phi) is 4.94. The number of benzene rings is 2. The van der Waals surface area contributed by atoms with E-state index in [0.717, 1.165) is 16.8 Å². The summed E-state index contributed by atoms with van der Waals surface area (Å²) in [4.78, 5) is 4.49. The van der Waals surface area contributed by atoms with Crippen molar-refractivity contribution in [3.63, 3.8) is 0 Å². The van der Waals surface area contributed by atoms with Crippen LogP contribution in [0.1, 0.15) is 17.0 Å². The van der Waals surface area contributed by atoms with Crippen LogP contribution in [0.3, 0.4) is 0 Å². The summed E-state index contributed by atoms with van der Waals surface area (Å²) >= 11 is 5.86. The number of rotatable bonds is 5. The molecule has 3 rings (SSSR count). The van der Waals surface area contributed by atoms with Gasteiger partial charge in [0.2, 0.25) is 5.89 Å². The van der Waals surface area contributed by atoms with Crippen molar-refractivity contribution in [2.75, 3.05) is 0 Å². The number of nitrogens with zero attached hydrogens (tertiary/aromatic N) is 1. The third kappa shape index (κ3) is 4.09. The Morgan fingerprint density at radius 3 is 2.43 bits per heavy atom. The maximum atomic E-state index is 12.4. The zero-order valence-corrected chi connectivity index (χ0v) is 14.2. The second kappa shape index (κ2) is 7.11. The van der Waals surface area contributed by atoms with Crippen molar-refractivity contribution in [3.05, 3.63) is 76.6 Å². The molecule has 3 nitrogen and oxygen atoms in total. The predicted octanol–water partition coefficient (Wildman–Crippen LogP) is 4.75. The Bertz CT molecular complexity index is 813. The van der Waals surface area contributed by atoms with E-state index in [4.69, 9.17) is 16.0 Å². The van der Waals surface area contributed by atoms with Gasteiger partial charge in [-0.15, -0.1) is 0 Å². The topological polar surface area (TPSA) is 43.1 Å². The molecule has 1 aromatic heterocycles. The first-order chi connectivity index (χ1) is 11.1. The van der Waals surface area contributed by atoms with Gasteiger partial charge in [-0.25, -0.2) is 4.98 Å². The first-order valence-corrected chi connectivity index (χ1v) is 9.09. The highest BCUT2D eigenvalue weighted by atomic mass is 35.5. The van der Waals surface area contributed by atoms with Gasteiger partial charge < -0.3 is 4.42 Å². The van der Waals surface area contributed by atoms with E-state index in [1.54, 1.807) is 0 Å². The SMILES string of the molecule is Cc1oc(-c2ccccc2)nc1C[S@](=O)Cc1ccc(Cl)cc1. The predicted molar refractivity (Wildman–Crippen MR) is 93.7 cm³/mol. The number of aromatic nitrogens is 1. The number of halogens is 1. The second-order valence-corrected chi connectivity index (χ2v) is 7.14. The summed E-state index contributed by atoms with van der Waals surface area (Å²) in [6, 6.07) is 17.1. The minimum atomic E-state index is -1.05. The van der Waals surface area contributed by atoms with Crippen molar-refractivity contribution >= 4 is 22.4 Å². The number of oxazole rings is 1. The second-order valence-electron chi connectivity index (χ2n) is 5.24. The van der Waals surface area contributed by atoms with E-state index in [9.17, 15) is 4.21 Å². The Morgan fingerprint density at radius 1 is 1.04 bits per heavy atom. The van der Waals surface area contributed by atoms with Gasteiger partial charge in [0.05, 0.1) is 11.4 Å². The lowest BCUT2D eigenvalue weighted by Crippen LogP contribution is -2.01. The molecule has 2 aromatic carbocycles. The van der Waals surface area contributed by atoms with Gasteiger partial charge in [0.1, 0.15) is 5.76 Å². The average Bonchev–Trinajstić information content (AvgIpc) is 2.91. The van der Waals surface area contributed by atoms with E-state index in [0.29, 0.717) is 28.2 Å². The molecule has 1 heterocycles. The zero-order chi connectivity index (χ0) is 16.2. The summed E-state index contributed by atoms with van der Waals surface area (Å²) in [7, 11) is -1.05. The molecule has 0 unspecified atom stereocenters. The Hall–Kier alpha value is -1.91. The lowest BCUT2D eigenvalue weighted by molar-refractivity contribution is 0.540. The molecule has 0 spiro atoms. The Morgan fingerprint density at radius 2 is 1.74 bits per heavy atom. The van der Waals surface area contributed by atoms with Gasteiger partial charge >= 0.3 is 0 Å². The Balaban J connectivity index is 1.71. The quantitative estimate of drug-likeness (QED) is 0.670. The van der Waals surface area contributed by atoms with Gasteiger partial charge in [0.15, 0.2) is 0 Å². The van der Waals surface area contributed by atoms with Gasteiger partial charge in [-0.2, -0.15) is 0 Å². The van der Waals surface area contributed by atoms with Gasteiger partial charge in [-0.1, -0.05) is 41.9 Å². The van der Waals surface area contributed by atoms with Crippen molar-refractivity contribution in [1.82, 2.24) is 4.98 Å². The molecule has 0 amide bonds. The van der Waals surface area contributed by atoms with Gasteiger partial charge in [0, 0.05) is 27.1 Å². The van der Waals surface area contributed by atoms with E-state index in [1.807, 2.05) is 61.5 Å². The summed E-state index contributed by atoms with van der Waals surface area (Å²) in [5.41, 5.74) is 2.67. The smallest absolute Gasteiger partial charge is 0.226 e. The summed E-state index contributed by atoms with van der Waals surface area (Å²) in [6.45, 7) is 1.86. The maximum absolute atomic E-state index is 12.4. The number of hydrogen-bond donors (Lipinski definition) is 0. The fourth-order valence-corrected chi connectivity index (χ4v) is 3.60. The molecule has 118 valence electrons. The van der Waals surface area contributed by atoms with Crippen LogP contribution in [0.4, 0.5) is 0 Å². The standard InChI is InChI=1S/C18H16ClNO2S/c1-13-17(20-18(22-13)15-5-3-2-4-6-15)12-23(21)11-14-7-9-16(19)10-8-14/h2-10H,11-12H2,1H3/t23-/m1/s1. The number of aryl methyl sites for hydroxylation is 1. The summed E-state index contributed by atoms with van der Waals surface area (Å²) in [6.07, 6.45) is 0. The van der Waals surface area contributed by atoms with Crippen LogP contribution in [-0.2, 0) is 22.3 Å². The molecule has 0 fully saturated rings. The minimum Gasteiger partial charge on any atom is -0.441 e. The molecule has 0 N–H and O–H groups in total. The maximum Gasteiger partial charge on any atom is 0.226 e. The molecule has 0 radical (unpaired) electrons. The van der Waals surface area contributed by atoms with Crippen molar-refractivity contribution < 1.29 is 8.63 Å². The molecule has 0 saturated heterocycles. The number of hydrogen-bond acceptors (Lipinski definition) is 3. The fraction of sp³-hybridized carbons (Fsp3) is 0.167. The van der Waals surface area contributed by atoms with Crippen LogP contribution in [0.25, 0.3) is 11.5 Å². The highest BCUT2D eigenvalue weighted by Gasteiger charge is 2.14. The highest BCUT2D eigenvalue weighted by molar-refractivity contribution is 7.83. The first-order valence-electron chi connectivity index (χ1n) is 7.23. The van der Waals surface area contributed by atoms with Crippen LogP contribution >= 0.6 is 11.6 Å². The third-order valence-electron chi connectivity index (χ3n) is 3.45. The van der Waals surface area contributed by atoms with Crippen LogP contribution in [0.2, 0.25) is 5.02 Å². The molecule has 1 atom stereocenters. The van der Waals surface area contributed by atoms with E-state index in [2.05, 4.69) is 4.98 Å². The van der Waals surface area contributed by atoms with E-state index < -0.39 is 10.8 Å². The van der Waals surface area contributed by atoms with E-state index in [1.165, 1.54) is 0 Å². The van der Waals surface area contributed by atoms with Crippen LogP contribution in [0.5, 0.6) is 0 Å². The lowest BCUT2D eigenvalue weighted by Gasteiger charge is -2.01. The largest absolute Gasteiger partial charge is 0.441 e. The van der Waals surface area contributed by atoms with Crippen molar-refractivity contribution in [2.45, 2.75) is 18.4 Å². The van der Waals surface area contributed by atoms with E-state index in [-0.39, 0.29) is 0 Å². The molecule has 5 heteroatoms. The van der Waals surface area contributed by atoms with Crippen molar-refractivity contribution in [3.8, 4) is 11.5 Å². The molecule has 23 heavy (non-hydrogen) atoms. The molecule has 0 saturated carbocycles. The van der Waals surface area contributed by atoms with Crippen LogP contribution < -0.4 is 0 Å². The van der Waals surface area contributed by atoms with Crippen molar-refractivity contribution in [1.29, 1.82) is 0 Å². The molecule has 0 bridgehead atoms. The van der Waals surface area contributed by atoms with Crippen LogP contribution in [0.15, 0.2) is 59.0 Å². The molecule has 0 aliphatic carbocycles. The molecule has 0 aliphatic heterocycles. The van der Waals surface area contributed by atoms with Gasteiger partial charge in [0.25, 0.3) is 0 Å². The van der Waals surface area contributed by atoms with Crippen LogP contribution in [-0.4, -0.2) is 9.19 Å². The fourth-order valence-electron chi connectivity index (χ4n) is 2.24. The van der Waals surface area contributed by atoms with Crippen LogP contribution in [0, 0.1) is 6.92 Å². The molecule has 0 aliphatic rings. The third-order valence-corrected chi connectivity index (χ3v) is 4.95. The molecular formula is C18H16ClNO2S.